The Bertz CT molecular complexity index is 728. The number of aryl methyl sites for hydroxylation is 1. The minimum atomic E-state index is -0.0761. The van der Waals surface area contributed by atoms with E-state index in [4.69, 9.17) is 4.74 Å². The monoisotopic (exact) mass is 329 g/mol. The summed E-state index contributed by atoms with van der Waals surface area (Å²) in [4.78, 5) is 14.5. The van der Waals surface area contributed by atoms with Crippen LogP contribution in [-0.2, 0) is 11.8 Å². The second-order valence-electron chi connectivity index (χ2n) is 6.12. The summed E-state index contributed by atoms with van der Waals surface area (Å²) in [5.74, 6) is 0.780. The second kappa shape index (κ2) is 7.00. The van der Waals surface area contributed by atoms with Gasteiger partial charge in [-0.15, -0.1) is 10.2 Å². The standard InChI is InChI=1S/C17H23N5O2/c1-12-14(16-20-18-11-21(16)2)7-4-8-15(12)19-17(23)22-9-5-6-13(22)10-24-3/h4,7-8,11,13H,5-6,9-10H2,1-3H3,(H,19,23)/t13-/m0/s1. The molecule has 1 atom stereocenters. The highest BCUT2D eigenvalue weighted by atomic mass is 16.5. The third-order valence-electron chi connectivity index (χ3n) is 4.52. The van der Waals surface area contributed by atoms with Gasteiger partial charge in [0.25, 0.3) is 0 Å². The fourth-order valence-corrected chi connectivity index (χ4v) is 3.20. The van der Waals surface area contributed by atoms with Gasteiger partial charge in [-0.2, -0.15) is 0 Å². The highest BCUT2D eigenvalue weighted by Gasteiger charge is 2.29. The molecule has 2 amide bonds. The van der Waals surface area contributed by atoms with E-state index in [1.165, 1.54) is 0 Å². The maximum atomic E-state index is 12.6. The lowest BCUT2D eigenvalue weighted by Gasteiger charge is -2.25. The van der Waals surface area contributed by atoms with Crippen LogP contribution in [0.25, 0.3) is 11.4 Å². The maximum Gasteiger partial charge on any atom is 0.322 e. The molecule has 3 rings (SSSR count). The summed E-state index contributed by atoms with van der Waals surface area (Å²) < 4.78 is 7.09. The number of nitrogens with zero attached hydrogens (tertiary/aromatic N) is 4. The van der Waals surface area contributed by atoms with Gasteiger partial charge in [0.05, 0.1) is 12.6 Å². The number of likely N-dealkylation sites (tertiary alicyclic amines) is 1. The van der Waals surface area contributed by atoms with Crippen LogP contribution < -0.4 is 5.32 Å². The molecule has 1 aliphatic heterocycles. The van der Waals surface area contributed by atoms with Crippen molar-refractivity contribution in [1.29, 1.82) is 0 Å². The number of methoxy groups -OCH3 is 1. The Labute approximate surface area is 141 Å². The zero-order valence-electron chi connectivity index (χ0n) is 14.3. The molecule has 1 fully saturated rings. The van der Waals surface area contributed by atoms with E-state index in [-0.39, 0.29) is 12.1 Å². The Hall–Kier alpha value is -2.41. The quantitative estimate of drug-likeness (QED) is 0.935. The Morgan fingerprint density at radius 2 is 2.29 bits per heavy atom. The van der Waals surface area contributed by atoms with Crippen molar-refractivity contribution in [3.63, 3.8) is 0 Å². The molecule has 1 N–H and O–H groups in total. The van der Waals surface area contributed by atoms with Crippen LogP contribution in [0.5, 0.6) is 0 Å². The zero-order chi connectivity index (χ0) is 17.1. The molecule has 1 aromatic carbocycles. The van der Waals surface area contributed by atoms with Crippen LogP contribution in [0.2, 0.25) is 0 Å². The van der Waals surface area contributed by atoms with Crippen molar-refractivity contribution in [2.75, 3.05) is 25.6 Å². The molecule has 0 aliphatic carbocycles. The van der Waals surface area contributed by atoms with Gasteiger partial charge in [-0.25, -0.2) is 4.79 Å². The first-order valence-corrected chi connectivity index (χ1v) is 8.12. The molecular weight excluding hydrogens is 306 g/mol. The molecule has 7 heteroatoms. The molecule has 2 heterocycles. The Balaban J connectivity index is 1.81. The first kappa shape index (κ1) is 16.4. The predicted molar refractivity (Wildman–Crippen MR) is 91.8 cm³/mol. The van der Waals surface area contributed by atoms with Crippen LogP contribution in [0.4, 0.5) is 10.5 Å². The number of anilines is 1. The Morgan fingerprint density at radius 3 is 3.00 bits per heavy atom. The van der Waals surface area contributed by atoms with Gasteiger partial charge in [-0.1, -0.05) is 12.1 Å². The number of amides is 2. The molecule has 24 heavy (non-hydrogen) atoms. The van der Waals surface area contributed by atoms with Gasteiger partial charge in [0.1, 0.15) is 6.33 Å². The minimum absolute atomic E-state index is 0.0761. The number of rotatable bonds is 4. The van der Waals surface area contributed by atoms with Gasteiger partial charge >= 0.3 is 6.03 Å². The normalized spacial score (nSPS) is 17.3. The topological polar surface area (TPSA) is 72.3 Å². The molecule has 1 saturated heterocycles. The van der Waals surface area contributed by atoms with Crippen molar-refractivity contribution in [2.45, 2.75) is 25.8 Å². The lowest BCUT2D eigenvalue weighted by molar-refractivity contribution is 0.128. The molecular formula is C17H23N5O2. The van der Waals surface area contributed by atoms with Crippen LogP contribution in [0.1, 0.15) is 18.4 Å². The summed E-state index contributed by atoms with van der Waals surface area (Å²) in [6, 6.07) is 5.89. The lowest BCUT2D eigenvalue weighted by atomic mass is 10.1. The first-order chi connectivity index (χ1) is 11.6. The molecule has 1 aromatic heterocycles. The summed E-state index contributed by atoms with van der Waals surface area (Å²) in [7, 11) is 3.57. The van der Waals surface area contributed by atoms with Crippen LogP contribution in [0, 0.1) is 6.92 Å². The molecule has 0 saturated carbocycles. The third kappa shape index (κ3) is 3.12. The summed E-state index contributed by atoms with van der Waals surface area (Å²) in [6.07, 6.45) is 3.66. The number of urea groups is 1. The van der Waals surface area contributed by atoms with Crippen molar-refractivity contribution in [1.82, 2.24) is 19.7 Å². The lowest BCUT2D eigenvalue weighted by Crippen LogP contribution is -2.40. The molecule has 0 bridgehead atoms. The average Bonchev–Trinajstić information content (AvgIpc) is 3.19. The van der Waals surface area contributed by atoms with E-state index in [1.807, 2.05) is 41.6 Å². The number of carbonyl (C=O) groups is 1. The van der Waals surface area contributed by atoms with Crippen molar-refractivity contribution >= 4 is 11.7 Å². The van der Waals surface area contributed by atoms with E-state index in [0.717, 1.165) is 42.0 Å². The SMILES string of the molecule is COC[C@@H]1CCCN1C(=O)Nc1cccc(-c2nncn2C)c1C. The van der Waals surface area contributed by atoms with Gasteiger partial charge in [0.2, 0.25) is 0 Å². The minimum Gasteiger partial charge on any atom is -0.383 e. The highest BCUT2D eigenvalue weighted by molar-refractivity contribution is 5.91. The van der Waals surface area contributed by atoms with Crippen LogP contribution in [0.15, 0.2) is 24.5 Å². The molecule has 0 unspecified atom stereocenters. The maximum absolute atomic E-state index is 12.6. The first-order valence-electron chi connectivity index (χ1n) is 8.12. The molecule has 2 aromatic rings. The smallest absolute Gasteiger partial charge is 0.322 e. The second-order valence-corrected chi connectivity index (χ2v) is 6.12. The Morgan fingerprint density at radius 1 is 1.46 bits per heavy atom. The van der Waals surface area contributed by atoms with Crippen molar-refractivity contribution in [3.05, 3.63) is 30.1 Å². The Kier molecular flexibility index (Phi) is 4.80. The zero-order valence-corrected chi connectivity index (χ0v) is 14.3. The number of hydrogen-bond acceptors (Lipinski definition) is 4. The summed E-state index contributed by atoms with van der Waals surface area (Å²) in [5, 5.41) is 11.1. The number of hydrogen-bond donors (Lipinski definition) is 1. The van der Waals surface area contributed by atoms with E-state index in [9.17, 15) is 4.79 Å². The van der Waals surface area contributed by atoms with Crippen LogP contribution in [0.3, 0.4) is 0 Å². The van der Waals surface area contributed by atoms with Crippen LogP contribution >= 0.6 is 0 Å². The summed E-state index contributed by atoms with van der Waals surface area (Å²) in [6.45, 7) is 3.32. The van der Waals surface area contributed by atoms with Crippen LogP contribution in [-0.4, -0.2) is 52.0 Å². The van der Waals surface area contributed by atoms with Gasteiger partial charge in [0, 0.05) is 32.0 Å². The fraction of sp³-hybridized carbons (Fsp3) is 0.471. The number of carbonyl (C=O) groups excluding carboxylic acids is 1. The predicted octanol–water partition coefficient (Wildman–Crippen LogP) is 2.43. The molecule has 1 aliphatic rings. The van der Waals surface area contributed by atoms with E-state index >= 15 is 0 Å². The van der Waals surface area contributed by atoms with Gasteiger partial charge in [-0.05, 0) is 31.4 Å². The molecule has 7 nitrogen and oxygen atoms in total. The van der Waals surface area contributed by atoms with Crippen molar-refractivity contribution < 1.29 is 9.53 Å². The number of benzene rings is 1. The van der Waals surface area contributed by atoms with Gasteiger partial charge in [-0.3, -0.25) is 0 Å². The number of aromatic nitrogens is 3. The fourth-order valence-electron chi connectivity index (χ4n) is 3.20. The van der Waals surface area contributed by atoms with E-state index < -0.39 is 0 Å². The van der Waals surface area contributed by atoms with Gasteiger partial charge in [0.15, 0.2) is 5.82 Å². The van der Waals surface area contributed by atoms with Gasteiger partial charge < -0.3 is 19.5 Å². The summed E-state index contributed by atoms with van der Waals surface area (Å²) in [5.41, 5.74) is 2.73. The van der Waals surface area contributed by atoms with E-state index in [0.29, 0.717) is 6.61 Å². The molecule has 128 valence electrons. The number of ether oxygens (including phenoxy) is 1. The van der Waals surface area contributed by atoms with E-state index in [2.05, 4.69) is 15.5 Å². The van der Waals surface area contributed by atoms with E-state index in [1.54, 1.807) is 13.4 Å². The number of nitrogens with one attached hydrogen (secondary N) is 1. The summed E-state index contributed by atoms with van der Waals surface area (Å²) >= 11 is 0. The third-order valence-corrected chi connectivity index (χ3v) is 4.52. The average molecular weight is 329 g/mol. The molecule has 0 spiro atoms. The highest BCUT2D eigenvalue weighted by Crippen LogP contribution is 2.27. The van der Waals surface area contributed by atoms with Crippen molar-refractivity contribution in [2.24, 2.45) is 7.05 Å². The van der Waals surface area contributed by atoms with Crippen molar-refractivity contribution in [3.8, 4) is 11.4 Å². The molecule has 0 radical (unpaired) electrons. The largest absolute Gasteiger partial charge is 0.383 e.